The molecule has 0 aromatic heterocycles. The number of phenols is 1. The van der Waals surface area contributed by atoms with Crippen LogP contribution in [0.5, 0.6) is 5.75 Å². The second kappa shape index (κ2) is 28.1. The van der Waals surface area contributed by atoms with Gasteiger partial charge in [-0.15, -0.1) is 0 Å². The number of phenolic OH excluding ortho intramolecular Hbond substituents is 1. The van der Waals surface area contributed by atoms with Crippen molar-refractivity contribution >= 4 is 75.1 Å². The molecule has 384 valence electrons. The number of nitrogens with one attached hydrogen (secondary N) is 7. The Kier molecular flexibility index (Phi) is 23.9. The molecule has 0 bridgehead atoms. The predicted octanol–water partition coefficient (Wildman–Crippen LogP) is -2.06. The van der Waals surface area contributed by atoms with Crippen molar-refractivity contribution in [3.05, 3.63) is 29.8 Å². The van der Waals surface area contributed by atoms with Crippen LogP contribution in [0.15, 0.2) is 24.3 Å². The van der Waals surface area contributed by atoms with Crippen LogP contribution in [-0.2, 0) is 69.0 Å². The van der Waals surface area contributed by atoms with Gasteiger partial charge in [-0.2, -0.15) is 0 Å². The maximum atomic E-state index is 14.3. The first-order valence-electron chi connectivity index (χ1n) is 22.8. The van der Waals surface area contributed by atoms with Gasteiger partial charge in [0.25, 0.3) is 0 Å². The van der Waals surface area contributed by atoms with Gasteiger partial charge in [-0.05, 0) is 69.1 Å². The number of hydrogen-bond acceptors (Lipinski definition) is 14. The summed E-state index contributed by atoms with van der Waals surface area (Å²) in [7, 11) is -3.76. The highest BCUT2D eigenvalue weighted by Crippen LogP contribution is 2.28. The molecular weight excluding hydrogens is 923 g/mol. The van der Waals surface area contributed by atoms with Gasteiger partial charge in [0.2, 0.25) is 53.7 Å². The van der Waals surface area contributed by atoms with Gasteiger partial charge < -0.3 is 53.0 Å². The van der Waals surface area contributed by atoms with Gasteiger partial charge in [0.05, 0.1) is 18.8 Å². The Morgan fingerprint density at radius 1 is 0.739 bits per heavy atom. The van der Waals surface area contributed by atoms with Crippen molar-refractivity contribution in [1.29, 1.82) is 0 Å². The highest BCUT2D eigenvalue weighted by atomic mass is 32.2. The molecule has 24 heteroatoms. The number of ketones is 2. The normalized spacial score (nSPS) is 15.7. The molecule has 0 heterocycles. The van der Waals surface area contributed by atoms with E-state index in [2.05, 4.69) is 37.2 Å². The molecule has 1 aliphatic rings. The molecule has 1 aliphatic carbocycles. The van der Waals surface area contributed by atoms with Gasteiger partial charge in [0.1, 0.15) is 63.4 Å². The zero-order chi connectivity index (χ0) is 52.2. The van der Waals surface area contributed by atoms with Crippen molar-refractivity contribution in [1.82, 2.24) is 42.1 Å². The van der Waals surface area contributed by atoms with Crippen molar-refractivity contribution in [2.24, 2.45) is 17.6 Å². The Hall–Kier alpha value is -6.46. The molecule has 9 amide bonds. The molecule has 10 N–H and O–H groups in total. The minimum absolute atomic E-state index is 0.0254. The van der Waals surface area contributed by atoms with Crippen molar-refractivity contribution in [3.8, 4) is 5.75 Å². The Morgan fingerprint density at radius 3 is 1.78 bits per heavy atom. The number of benzene rings is 1. The first-order chi connectivity index (χ1) is 32.3. The third kappa shape index (κ3) is 21.2. The number of aromatic hydroxyl groups is 1. The smallest absolute Gasteiger partial charge is 0.245 e. The number of carbonyl (C=O) groups is 11. The zero-order valence-corrected chi connectivity index (χ0v) is 41.1. The van der Waals surface area contributed by atoms with Gasteiger partial charge in [-0.3, -0.25) is 52.7 Å². The monoisotopic (exact) mass is 991 g/mol. The number of nitrogens with two attached hydrogens (primary N) is 1. The summed E-state index contributed by atoms with van der Waals surface area (Å²) in [6.45, 7) is 8.39. The quantitative estimate of drug-likeness (QED) is 0.0351. The summed E-state index contributed by atoms with van der Waals surface area (Å²) in [6, 6.07) is -3.17. The number of Topliss-reactive ketones (excluding diaryl/α,β-unsaturated/α-hetero) is 2. The SMILES string of the molecule is CC[C@H](C)[C@H](NC(=O)CN(C(=O)[C@H](CCS(C)(=O)=O)NC(=O)[C@H](CC(C)=O)NC(=O)[C@H](CCC(N)=O)NC(=O)[C@@H](NC(=O)[C@H](Cc1ccc(O)cc1)NC=O)[C@@H](C)CC)C1CC1)C(=O)NCC(C)=O. The third-order valence-electron chi connectivity index (χ3n) is 11.5. The van der Waals surface area contributed by atoms with Gasteiger partial charge in [0.15, 0.2) is 0 Å². The van der Waals surface area contributed by atoms with E-state index in [0.29, 0.717) is 37.7 Å². The van der Waals surface area contributed by atoms with E-state index in [1.54, 1.807) is 27.7 Å². The summed E-state index contributed by atoms with van der Waals surface area (Å²) in [5.41, 5.74) is 5.95. The summed E-state index contributed by atoms with van der Waals surface area (Å²) in [5.74, 6) is -9.48. The summed E-state index contributed by atoms with van der Waals surface area (Å²) < 4.78 is 24.7. The highest BCUT2D eigenvalue weighted by Gasteiger charge is 2.40. The van der Waals surface area contributed by atoms with E-state index in [4.69, 9.17) is 5.73 Å². The molecule has 0 spiro atoms. The van der Waals surface area contributed by atoms with Crippen molar-refractivity contribution < 1.29 is 66.3 Å². The fourth-order valence-corrected chi connectivity index (χ4v) is 7.61. The lowest BCUT2D eigenvalue weighted by Gasteiger charge is -2.30. The average Bonchev–Trinajstić information content (AvgIpc) is 4.13. The second-order valence-electron chi connectivity index (χ2n) is 17.6. The van der Waals surface area contributed by atoms with Gasteiger partial charge in [-0.25, -0.2) is 8.42 Å². The van der Waals surface area contributed by atoms with Crippen LogP contribution in [0.25, 0.3) is 0 Å². The maximum absolute atomic E-state index is 14.3. The topological polar surface area (TPSA) is 356 Å². The zero-order valence-electron chi connectivity index (χ0n) is 40.3. The van der Waals surface area contributed by atoms with E-state index >= 15 is 0 Å². The lowest BCUT2D eigenvalue weighted by atomic mass is 9.96. The molecule has 1 aromatic rings. The van der Waals surface area contributed by atoms with Crippen LogP contribution in [-0.4, -0.2) is 151 Å². The minimum Gasteiger partial charge on any atom is -0.508 e. The summed E-state index contributed by atoms with van der Waals surface area (Å²) in [6.07, 6.45) is 0.883. The molecule has 1 saturated carbocycles. The summed E-state index contributed by atoms with van der Waals surface area (Å²) >= 11 is 0. The maximum Gasteiger partial charge on any atom is 0.245 e. The Morgan fingerprint density at radius 2 is 1.28 bits per heavy atom. The van der Waals surface area contributed by atoms with Crippen LogP contribution >= 0.6 is 0 Å². The number of nitrogens with zero attached hydrogens (tertiary/aromatic N) is 1. The standard InChI is InChI=1S/C45H69N9O14S/c1-8-25(3)38(43(64)47-22-28(6)57)52-37(60)23-54(30-12-13-30)45(66)33(18-19-69(7,67)68)50-42(63)35(20-27(5)56)51-40(61)32(16-17-36(46)59)49-44(65)39(26(4)9-2)53-41(62)34(48-24-55)21-29-10-14-31(58)15-11-29/h10-11,14-15,24-26,30,32-35,38-39,58H,8-9,12-13,16-23H2,1-7H3,(H2,46,59)(H,47,64)(H,48,55)(H,49,65)(H,50,63)(H,51,61)(H,52,60)(H,53,62)/t25-,26-,32-,33-,34-,35-,38-,39-/m0/s1. The summed E-state index contributed by atoms with van der Waals surface area (Å²) in [5, 5.41) is 27.1. The third-order valence-corrected chi connectivity index (χ3v) is 12.5. The van der Waals surface area contributed by atoms with Crippen molar-refractivity contribution in [3.63, 3.8) is 0 Å². The van der Waals surface area contributed by atoms with E-state index in [9.17, 15) is 66.3 Å². The van der Waals surface area contributed by atoms with Crippen LogP contribution in [0.4, 0.5) is 0 Å². The summed E-state index contributed by atoms with van der Waals surface area (Å²) in [4.78, 5) is 145. The molecule has 1 fully saturated rings. The number of carbonyl (C=O) groups excluding carboxylic acids is 11. The Balaban J connectivity index is 2.41. The Bertz CT molecular complexity index is 2130. The van der Waals surface area contributed by atoms with Gasteiger partial charge in [0, 0.05) is 31.6 Å². The van der Waals surface area contributed by atoms with Gasteiger partial charge >= 0.3 is 0 Å². The predicted molar refractivity (Wildman–Crippen MR) is 250 cm³/mol. The molecule has 8 atom stereocenters. The number of hydrogen-bond donors (Lipinski definition) is 9. The molecule has 0 unspecified atom stereocenters. The molecular formula is C45H69N9O14S. The lowest BCUT2D eigenvalue weighted by molar-refractivity contribution is -0.141. The molecule has 0 aliphatic heterocycles. The minimum atomic E-state index is -3.76. The lowest BCUT2D eigenvalue weighted by Crippen LogP contribution is -2.60. The second-order valence-corrected chi connectivity index (χ2v) is 19.9. The van der Waals surface area contributed by atoms with Crippen LogP contribution in [0.2, 0.25) is 0 Å². The highest BCUT2D eigenvalue weighted by molar-refractivity contribution is 7.90. The Labute approximate surface area is 402 Å². The molecule has 1 aromatic carbocycles. The van der Waals surface area contributed by atoms with Crippen molar-refractivity contribution in [2.75, 3.05) is 25.1 Å². The number of primary amides is 1. The fraction of sp³-hybridized carbons (Fsp3) is 0.622. The van der Waals surface area contributed by atoms with E-state index < -0.39 is 149 Å². The first-order valence-corrected chi connectivity index (χ1v) is 24.9. The van der Waals surface area contributed by atoms with Crippen LogP contribution in [0.1, 0.15) is 98.5 Å². The van der Waals surface area contributed by atoms with E-state index in [-0.39, 0.29) is 30.4 Å². The molecule has 23 nitrogen and oxygen atoms in total. The fourth-order valence-electron chi connectivity index (χ4n) is 6.95. The molecule has 69 heavy (non-hydrogen) atoms. The molecule has 2 rings (SSSR count). The largest absolute Gasteiger partial charge is 0.508 e. The molecule has 0 saturated heterocycles. The first kappa shape index (κ1) is 58.7. The van der Waals surface area contributed by atoms with Crippen LogP contribution in [0, 0.1) is 11.8 Å². The van der Waals surface area contributed by atoms with E-state index in [1.165, 1.54) is 31.2 Å². The number of sulfone groups is 1. The number of amides is 9. The van der Waals surface area contributed by atoms with Crippen LogP contribution < -0.4 is 43.0 Å². The van der Waals surface area contributed by atoms with E-state index in [1.807, 2.05) is 0 Å². The molecule has 0 radical (unpaired) electrons. The van der Waals surface area contributed by atoms with Gasteiger partial charge in [-0.1, -0.05) is 52.7 Å². The number of rotatable bonds is 32. The van der Waals surface area contributed by atoms with Crippen LogP contribution in [0.3, 0.4) is 0 Å². The average molecular weight is 992 g/mol. The van der Waals surface area contributed by atoms with E-state index in [0.717, 1.165) is 18.1 Å². The van der Waals surface area contributed by atoms with Crippen molar-refractivity contribution in [2.45, 2.75) is 142 Å².